The lowest BCUT2D eigenvalue weighted by molar-refractivity contribution is -0.107. The highest BCUT2D eigenvalue weighted by atomic mass is 28.2. The van der Waals surface area contributed by atoms with Crippen LogP contribution >= 0.6 is 0 Å². The number of carbonyl (C=O) groups excluding carboxylic acids is 1. The Balaban J connectivity index is 2.98. The van der Waals surface area contributed by atoms with Gasteiger partial charge in [-0.15, -0.1) is 0 Å². The minimum atomic E-state index is 0.607. The maximum Gasteiger partial charge on any atom is 0.219 e. The molecule has 0 spiro atoms. The molecule has 0 saturated heterocycles. The van der Waals surface area contributed by atoms with Crippen LogP contribution < -0.4 is 0 Å². The third kappa shape index (κ3) is 7.25. The van der Waals surface area contributed by atoms with Gasteiger partial charge in [-0.1, -0.05) is 5.92 Å². The molecule has 0 fully saturated rings. The second-order valence-electron chi connectivity index (χ2n) is 1.54. The van der Waals surface area contributed by atoms with Crippen LogP contribution in [0.2, 0.25) is 0 Å². The van der Waals surface area contributed by atoms with Crippen LogP contribution in [0.25, 0.3) is 0 Å². The highest BCUT2D eigenvalue weighted by molar-refractivity contribution is 5.98. The Morgan fingerprint density at radius 3 is 3.00 bits per heavy atom. The Hall–Kier alpha value is -0.753. The van der Waals surface area contributed by atoms with E-state index in [1.807, 2.05) is 0 Å². The van der Waals surface area contributed by atoms with Gasteiger partial charge in [-0.05, 0) is 6.42 Å². The Kier molecular flexibility index (Phi) is 6.64. The van der Waals surface area contributed by atoms with E-state index in [2.05, 4.69) is 16.5 Å². The second-order valence-corrected chi connectivity index (χ2v) is 1.95. The molecule has 0 aromatic carbocycles. The molecule has 3 heteroatoms. The summed E-state index contributed by atoms with van der Waals surface area (Å²) in [4.78, 5) is 9.76. The van der Waals surface area contributed by atoms with Gasteiger partial charge in [0.15, 0.2) is 0 Å². The minimum Gasteiger partial charge on any atom is -0.512 e. The molecule has 0 aliphatic rings. The Morgan fingerprint density at radius 1 is 1.67 bits per heavy atom. The fourth-order valence-corrected chi connectivity index (χ4v) is 0.541. The van der Waals surface area contributed by atoms with Gasteiger partial charge in [-0.3, -0.25) is 0 Å². The summed E-state index contributed by atoms with van der Waals surface area (Å²) in [6.07, 6.45) is 5.63. The largest absolute Gasteiger partial charge is 0.512 e. The van der Waals surface area contributed by atoms with Crippen molar-refractivity contribution in [3.63, 3.8) is 0 Å². The van der Waals surface area contributed by atoms with Crippen molar-refractivity contribution in [3.05, 3.63) is 0 Å². The maximum absolute atomic E-state index is 9.76. The average molecular weight is 142 g/mol. The lowest BCUT2D eigenvalue weighted by Crippen LogP contribution is -1.74. The Labute approximate surface area is 58.1 Å². The highest BCUT2D eigenvalue weighted by Gasteiger charge is 1.79. The topological polar surface area (TPSA) is 26.3 Å². The van der Waals surface area contributed by atoms with E-state index in [1.54, 1.807) is 0 Å². The molecule has 0 atom stereocenters. The van der Waals surface area contributed by atoms with Crippen molar-refractivity contribution in [2.24, 2.45) is 0 Å². The standard InChI is InChI=1S/C6H10O2Si/c7-5-3-1-2-4-6-8-9/h5H,1-3H2,9H3. The molecule has 0 bridgehead atoms. The summed E-state index contributed by atoms with van der Waals surface area (Å²) < 4.78 is 4.61. The first-order chi connectivity index (χ1) is 4.41. The molecule has 0 aliphatic heterocycles. The van der Waals surface area contributed by atoms with E-state index in [0.717, 1.165) is 19.1 Å². The molecule has 0 saturated carbocycles. The van der Waals surface area contributed by atoms with Crippen LogP contribution in [0.15, 0.2) is 0 Å². The van der Waals surface area contributed by atoms with Crippen LogP contribution in [0.5, 0.6) is 0 Å². The SMILES string of the molecule is O=CCCCC#CO[SiH3]. The van der Waals surface area contributed by atoms with Gasteiger partial charge in [-0.2, -0.15) is 0 Å². The summed E-state index contributed by atoms with van der Waals surface area (Å²) in [7, 11) is 0.665. The van der Waals surface area contributed by atoms with E-state index in [1.165, 1.54) is 0 Å². The van der Waals surface area contributed by atoms with Crippen molar-refractivity contribution in [2.45, 2.75) is 19.3 Å². The van der Waals surface area contributed by atoms with Gasteiger partial charge in [0.25, 0.3) is 0 Å². The van der Waals surface area contributed by atoms with E-state index in [4.69, 9.17) is 0 Å². The zero-order valence-electron chi connectivity index (χ0n) is 5.52. The van der Waals surface area contributed by atoms with Crippen LogP contribution in [0.1, 0.15) is 19.3 Å². The van der Waals surface area contributed by atoms with Crippen LogP contribution in [0.4, 0.5) is 0 Å². The molecular formula is C6H10O2Si. The third-order valence-electron chi connectivity index (χ3n) is 0.798. The van der Waals surface area contributed by atoms with Crippen molar-refractivity contribution in [3.8, 4) is 12.0 Å². The minimum absolute atomic E-state index is 0.607. The normalized spacial score (nSPS) is 7.56. The molecule has 0 N–H and O–H groups in total. The van der Waals surface area contributed by atoms with Crippen LogP contribution in [-0.4, -0.2) is 16.8 Å². The smallest absolute Gasteiger partial charge is 0.219 e. The Morgan fingerprint density at radius 2 is 2.44 bits per heavy atom. The van der Waals surface area contributed by atoms with E-state index < -0.39 is 0 Å². The van der Waals surface area contributed by atoms with E-state index >= 15 is 0 Å². The molecule has 0 heterocycles. The van der Waals surface area contributed by atoms with Gasteiger partial charge in [0.05, 0.1) is 6.11 Å². The molecule has 50 valence electrons. The number of rotatable bonds is 3. The van der Waals surface area contributed by atoms with Gasteiger partial charge in [-0.25, -0.2) is 0 Å². The first-order valence-electron chi connectivity index (χ1n) is 2.86. The van der Waals surface area contributed by atoms with Gasteiger partial charge >= 0.3 is 0 Å². The summed E-state index contributed by atoms with van der Waals surface area (Å²) in [5, 5.41) is 0. The molecular weight excluding hydrogens is 132 g/mol. The fraction of sp³-hybridized carbons (Fsp3) is 0.500. The number of hydrogen-bond donors (Lipinski definition) is 0. The zero-order valence-corrected chi connectivity index (χ0v) is 7.52. The number of aldehydes is 1. The average Bonchev–Trinajstić information content (AvgIpc) is 1.89. The summed E-state index contributed by atoms with van der Waals surface area (Å²) >= 11 is 0. The summed E-state index contributed by atoms with van der Waals surface area (Å²) in [5.74, 6) is 2.77. The van der Waals surface area contributed by atoms with Gasteiger partial charge < -0.3 is 9.22 Å². The van der Waals surface area contributed by atoms with Gasteiger partial charge in [0, 0.05) is 12.8 Å². The lowest BCUT2D eigenvalue weighted by Gasteiger charge is -1.82. The van der Waals surface area contributed by atoms with Crippen molar-refractivity contribution in [1.82, 2.24) is 0 Å². The maximum atomic E-state index is 9.76. The molecule has 0 rings (SSSR count). The monoisotopic (exact) mass is 142 g/mol. The highest BCUT2D eigenvalue weighted by Crippen LogP contribution is 1.88. The van der Waals surface area contributed by atoms with Gasteiger partial charge in [0.2, 0.25) is 10.5 Å². The molecule has 2 nitrogen and oxygen atoms in total. The molecule has 0 aliphatic carbocycles. The zero-order chi connectivity index (χ0) is 6.95. The van der Waals surface area contributed by atoms with E-state index in [9.17, 15) is 4.79 Å². The predicted molar refractivity (Wildman–Crippen MR) is 38.7 cm³/mol. The summed E-state index contributed by atoms with van der Waals surface area (Å²) in [6.45, 7) is 0. The molecule has 0 amide bonds. The molecule has 0 unspecified atom stereocenters. The van der Waals surface area contributed by atoms with Gasteiger partial charge in [0.1, 0.15) is 6.29 Å². The van der Waals surface area contributed by atoms with Crippen molar-refractivity contribution < 1.29 is 9.22 Å². The number of hydrogen-bond acceptors (Lipinski definition) is 2. The lowest BCUT2D eigenvalue weighted by atomic mass is 10.3. The first-order valence-corrected chi connectivity index (χ1v) is 3.68. The van der Waals surface area contributed by atoms with Crippen molar-refractivity contribution in [2.75, 3.05) is 0 Å². The number of unbranched alkanes of at least 4 members (excludes halogenated alkanes) is 2. The van der Waals surface area contributed by atoms with Crippen LogP contribution in [-0.2, 0) is 9.22 Å². The predicted octanol–water partition coefficient (Wildman–Crippen LogP) is -0.387. The third-order valence-corrected chi connectivity index (χ3v) is 1.00. The molecule has 9 heavy (non-hydrogen) atoms. The van der Waals surface area contributed by atoms with Crippen LogP contribution in [0, 0.1) is 12.0 Å². The van der Waals surface area contributed by atoms with E-state index in [0.29, 0.717) is 16.9 Å². The quantitative estimate of drug-likeness (QED) is 0.232. The molecule has 0 aromatic rings. The van der Waals surface area contributed by atoms with Crippen molar-refractivity contribution in [1.29, 1.82) is 0 Å². The van der Waals surface area contributed by atoms with Crippen LogP contribution in [0.3, 0.4) is 0 Å². The summed E-state index contributed by atoms with van der Waals surface area (Å²) in [6, 6.07) is 0. The van der Waals surface area contributed by atoms with E-state index in [-0.39, 0.29) is 0 Å². The molecule has 0 aromatic heterocycles. The summed E-state index contributed by atoms with van der Waals surface area (Å²) in [5.41, 5.74) is 0. The first kappa shape index (κ1) is 8.25. The fourth-order valence-electron chi connectivity index (χ4n) is 0.397. The van der Waals surface area contributed by atoms with Crippen molar-refractivity contribution >= 4 is 16.8 Å². The number of carbonyl (C=O) groups is 1. The molecule has 0 radical (unpaired) electrons. The Bertz CT molecular complexity index is 123. The second kappa shape index (κ2) is 7.25.